The normalized spacial score (nSPS) is 15.0. The highest BCUT2D eigenvalue weighted by molar-refractivity contribution is 6.27. The van der Waals surface area contributed by atoms with Crippen LogP contribution in [-0.4, -0.2) is 65.4 Å². The van der Waals surface area contributed by atoms with Crippen molar-refractivity contribution >= 4 is 34.3 Å². The Bertz CT molecular complexity index is 779. The van der Waals surface area contributed by atoms with E-state index in [9.17, 15) is 9.59 Å². The number of rotatable bonds is 3. The summed E-state index contributed by atoms with van der Waals surface area (Å²) in [5, 5.41) is 0.998. The summed E-state index contributed by atoms with van der Waals surface area (Å²) in [7, 11) is 3.50. The molecule has 1 aromatic heterocycles. The second-order valence-corrected chi connectivity index (χ2v) is 6.09. The lowest BCUT2D eigenvalue weighted by Crippen LogP contribution is -2.51. The zero-order chi connectivity index (χ0) is 17.3. The molecule has 1 saturated heterocycles. The number of aromatic nitrogens is 1. The van der Waals surface area contributed by atoms with Crippen LogP contribution in [0, 0.1) is 0 Å². The fraction of sp³-hybridized carbons (Fsp3) is 0.412. The lowest BCUT2D eigenvalue weighted by molar-refractivity contribution is -0.129. The highest BCUT2D eigenvalue weighted by Crippen LogP contribution is 2.24. The van der Waals surface area contributed by atoms with E-state index in [1.807, 2.05) is 35.9 Å². The molecule has 0 spiro atoms. The molecule has 0 radical (unpaired) electrons. The van der Waals surface area contributed by atoms with E-state index < -0.39 is 0 Å². The Morgan fingerprint density at radius 2 is 1.79 bits per heavy atom. The SMILES string of the molecule is COc1ccc2cc(C(=O)N3CCN(C(=O)CCl)CC3)n(C)c2c1. The first kappa shape index (κ1) is 16.6. The van der Waals surface area contributed by atoms with Gasteiger partial charge in [0.1, 0.15) is 17.3 Å². The van der Waals surface area contributed by atoms with Crippen LogP contribution in [0.1, 0.15) is 10.5 Å². The van der Waals surface area contributed by atoms with Crippen molar-refractivity contribution in [3.05, 3.63) is 30.0 Å². The minimum absolute atomic E-state index is 0.0149. The zero-order valence-corrected chi connectivity index (χ0v) is 14.5. The van der Waals surface area contributed by atoms with Crippen molar-refractivity contribution in [1.82, 2.24) is 14.4 Å². The topological polar surface area (TPSA) is 54.8 Å². The average molecular weight is 350 g/mol. The number of amides is 2. The molecule has 1 aliphatic rings. The van der Waals surface area contributed by atoms with Gasteiger partial charge in [0.05, 0.1) is 12.6 Å². The summed E-state index contributed by atoms with van der Waals surface area (Å²) in [5.41, 5.74) is 1.59. The highest BCUT2D eigenvalue weighted by atomic mass is 35.5. The number of hydrogen-bond acceptors (Lipinski definition) is 3. The van der Waals surface area contributed by atoms with Crippen molar-refractivity contribution in [3.8, 4) is 5.75 Å². The van der Waals surface area contributed by atoms with Crippen LogP contribution in [0.2, 0.25) is 0 Å². The monoisotopic (exact) mass is 349 g/mol. The minimum atomic E-state index is -0.0829. The molecule has 0 N–H and O–H groups in total. The van der Waals surface area contributed by atoms with Crippen LogP contribution >= 0.6 is 11.6 Å². The van der Waals surface area contributed by atoms with Crippen molar-refractivity contribution in [2.45, 2.75) is 0 Å². The Labute approximate surface area is 145 Å². The predicted molar refractivity (Wildman–Crippen MR) is 92.7 cm³/mol. The number of benzene rings is 1. The number of piperazine rings is 1. The molecule has 128 valence electrons. The second kappa shape index (κ2) is 6.73. The number of halogens is 1. The van der Waals surface area contributed by atoms with Gasteiger partial charge in [0.2, 0.25) is 5.91 Å². The van der Waals surface area contributed by atoms with E-state index in [0.717, 1.165) is 16.7 Å². The van der Waals surface area contributed by atoms with Crippen molar-refractivity contribution in [3.63, 3.8) is 0 Å². The molecule has 0 saturated carbocycles. The van der Waals surface area contributed by atoms with E-state index in [1.54, 1.807) is 16.9 Å². The number of hydrogen-bond donors (Lipinski definition) is 0. The summed E-state index contributed by atoms with van der Waals surface area (Å²) in [6.07, 6.45) is 0. The average Bonchev–Trinajstić information content (AvgIpc) is 2.96. The highest BCUT2D eigenvalue weighted by Gasteiger charge is 2.26. The Morgan fingerprint density at radius 1 is 1.12 bits per heavy atom. The largest absolute Gasteiger partial charge is 0.497 e. The molecule has 0 bridgehead atoms. The summed E-state index contributed by atoms with van der Waals surface area (Å²) in [5.74, 6) is 0.640. The molecule has 7 heteroatoms. The maximum absolute atomic E-state index is 12.8. The zero-order valence-electron chi connectivity index (χ0n) is 13.8. The fourth-order valence-corrected chi connectivity index (χ4v) is 3.22. The van der Waals surface area contributed by atoms with Crippen LogP contribution < -0.4 is 4.74 Å². The second-order valence-electron chi connectivity index (χ2n) is 5.82. The molecule has 2 aromatic rings. The minimum Gasteiger partial charge on any atom is -0.497 e. The number of nitrogens with zero attached hydrogens (tertiary/aromatic N) is 3. The van der Waals surface area contributed by atoms with Gasteiger partial charge in [-0.15, -0.1) is 11.6 Å². The van der Waals surface area contributed by atoms with Gasteiger partial charge >= 0.3 is 0 Å². The summed E-state index contributed by atoms with van der Waals surface area (Å²) >= 11 is 5.59. The lowest BCUT2D eigenvalue weighted by Gasteiger charge is -2.34. The number of ether oxygens (including phenoxy) is 1. The fourth-order valence-electron chi connectivity index (χ4n) is 3.05. The van der Waals surface area contributed by atoms with Gasteiger partial charge < -0.3 is 19.1 Å². The predicted octanol–water partition coefficient (Wildman–Crippen LogP) is 1.71. The third-order valence-electron chi connectivity index (χ3n) is 4.51. The molecule has 1 aliphatic heterocycles. The van der Waals surface area contributed by atoms with E-state index in [0.29, 0.717) is 31.9 Å². The Morgan fingerprint density at radius 3 is 2.42 bits per heavy atom. The van der Waals surface area contributed by atoms with E-state index in [2.05, 4.69) is 0 Å². The van der Waals surface area contributed by atoms with Gasteiger partial charge in [0.15, 0.2) is 0 Å². The molecule has 2 amide bonds. The molecule has 0 unspecified atom stereocenters. The quantitative estimate of drug-likeness (QED) is 0.793. The molecule has 0 aliphatic carbocycles. The summed E-state index contributed by atoms with van der Waals surface area (Å²) in [4.78, 5) is 27.9. The molecular formula is C17H20ClN3O3. The van der Waals surface area contributed by atoms with Crippen molar-refractivity contribution < 1.29 is 14.3 Å². The number of carbonyl (C=O) groups excluding carboxylic acids is 2. The first-order valence-corrected chi connectivity index (χ1v) is 8.35. The number of methoxy groups -OCH3 is 1. The van der Waals surface area contributed by atoms with Crippen LogP contribution in [0.3, 0.4) is 0 Å². The molecule has 0 atom stereocenters. The molecule has 24 heavy (non-hydrogen) atoms. The summed E-state index contributed by atoms with van der Waals surface area (Å²) < 4.78 is 7.14. The van der Waals surface area contributed by atoms with Gasteiger partial charge in [-0.05, 0) is 18.2 Å². The first-order valence-electron chi connectivity index (χ1n) is 7.81. The third kappa shape index (κ3) is 2.94. The van der Waals surface area contributed by atoms with E-state index in [4.69, 9.17) is 16.3 Å². The van der Waals surface area contributed by atoms with Crippen molar-refractivity contribution in [2.75, 3.05) is 39.2 Å². The number of carbonyl (C=O) groups is 2. The molecular weight excluding hydrogens is 330 g/mol. The first-order chi connectivity index (χ1) is 11.5. The Balaban J connectivity index is 1.80. The van der Waals surface area contributed by atoms with Gasteiger partial charge in [-0.1, -0.05) is 0 Å². The van der Waals surface area contributed by atoms with Crippen LogP contribution in [-0.2, 0) is 11.8 Å². The molecule has 1 aromatic carbocycles. The van der Waals surface area contributed by atoms with Crippen LogP contribution in [0.15, 0.2) is 24.3 Å². The summed E-state index contributed by atoms with van der Waals surface area (Å²) in [6.45, 7) is 2.09. The number of aryl methyl sites for hydroxylation is 1. The Kier molecular flexibility index (Phi) is 4.66. The molecule has 2 heterocycles. The maximum atomic E-state index is 12.8. The molecule has 3 rings (SSSR count). The summed E-state index contributed by atoms with van der Waals surface area (Å²) in [6, 6.07) is 7.64. The number of alkyl halides is 1. The van der Waals surface area contributed by atoms with Crippen LogP contribution in [0.5, 0.6) is 5.75 Å². The third-order valence-corrected chi connectivity index (χ3v) is 4.73. The van der Waals surface area contributed by atoms with Gasteiger partial charge in [-0.3, -0.25) is 9.59 Å². The van der Waals surface area contributed by atoms with Crippen LogP contribution in [0.4, 0.5) is 0 Å². The van der Waals surface area contributed by atoms with Gasteiger partial charge in [0, 0.05) is 44.7 Å². The molecule has 1 fully saturated rings. The molecule has 6 nitrogen and oxygen atoms in total. The van der Waals surface area contributed by atoms with Crippen molar-refractivity contribution in [1.29, 1.82) is 0 Å². The van der Waals surface area contributed by atoms with Gasteiger partial charge in [0.25, 0.3) is 5.91 Å². The van der Waals surface area contributed by atoms with E-state index >= 15 is 0 Å². The van der Waals surface area contributed by atoms with Crippen LogP contribution in [0.25, 0.3) is 10.9 Å². The van der Waals surface area contributed by atoms with E-state index in [1.165, 1.54) is 0 Å². The smallest absolute Gasteiger partial charge is 0.270 e. The maximum Gasteiger partial charge on any atom is 0.270 e. The van der Waals surface area contributed by atoms with Gasteiger partial charge in [-0.2, -0.15) is 0 Å². The lowest BCUT2D eigenvalue weighted by atomic mass is 10.2. The van der Waals surface area contributed by atoms with Gasteiger partial charge in [-0.25, -0.2) is 0 Å². The Hall–Kier alpha value is -2.21. The van der Waals surface area contributed by atoms with Crippen molar-refractivity contribution in [2.24, 2.45) is 7.05 Å². The standard InChI is InChI=1S/C17H20ClN3O3/c1-19-14-10-13(24-2)4-3-12(14)9-15(19)17(23)21-7-5-20(6-8-21)16(22)11-18/h3-4,9-10H,5-8,11H2,1-2H3. The van der Waals surface area contributed by atoms with E-state index in [-0.39, 0.29) is 17.7 Å². The number of fused-ring (bicyclic) bond motifs is 1.